The molecule has 2 amide bonds. The number of halogens is 3. The van der Waals surface area contributed by atoms with Crippen LogP contribution in [0.15, 0.2) is 0 Å². The highest BCUT2D eigenvalue weighted by atomic mass is 19.4. The zero-order valence-electron chi connectivity index (χ0n) is 11.9. The van der Waals surface area contributed by atoms with Crippen LogP contribution in [0.25, 0.3) is 0 Å². The first kappa shape index (κ1) is 16.3. The van der Waals surface area contributed by atoms with Gasteiger partial charge in [-0.1, -0.05) is 19.3 Å². The number of nitrogens with zero attached hydrogens (tertiary/aromatic N) is 1. The van der Waals surface area contributed by atoms with E-state index in [1.54, 1.807) is 0 Å². The molecule has 1 aliphatic heterocycles. The minimum Gasteiger partial charge on any atom is -0.372 e. The number of carbonyl (C=O) groups is 2. The summed E-state index contributed by atoms with van der Waals surface area (Å²) in [4.78, 5) is 25.6. The van der Waals surface area contributed by atoms with Gasteiger partial charge in [-0.25, -0.2) is 0 Å². The van der Waals surface area contributed by atoms with Crippen LogP contribution in [0.5, 0.6) is 0 Å². The van der Waals surface area contributed by atoms with Gasteiger partial charge in [-0.3, -0.25) is 14.5 Å². The summed E-state index contributed by atoms with van der Waals surface area (Å²) in [7, 11) is 0. The van der Waals surface area contributed by atoms with Crippen LogP contribution in [0.4, 0.5) is 13.2 Å². The molecule has 120 valence electrons. The molecule has 1 spiro atoms. The molecule has 0 radical (unpaired) electrons. The van der Waals surface area contributed by atoms with Crippen LogP contribution >= 0.6 is 0 Å². The van der Waals surface area contributed by atoms with Gasteiger partial charge >= 0.3 is 6.18 Å². The Bertz CT molecular complexity index is 403. The standard InChI is InChI=1S/C14H20F3NO3/c15-14(16,17)10-21-8-4-7-18-11(19)9-13(12(18)20)5-2-1-3-6-13/h1-10H2. The Kier molecular flexibility index (Phi) is 4.91. The van der Waals surface area contributed by atoms with E-state index in [1.165, 1.54) is 4.90 Å². The van der Waals surface area contributed by atoms with Crippen molar-refractivity contribution in [2.75, 3.05) is 19.8 Å². The molecule has 0 N–H and O–H groups in total. The third-order valence-electron chi connectivity index (χ3n) is 4.24. The van der Waals surface area contributed by atoms with Crippen molar-refractivity contribution < 1.29 is 27.5 Å². The van der Waals surface area contributed by atoms with Crippen molar-refractivity contribution >= 4 is 11.8 Å². The minimum atomic E-state index is -4.34. The molecule has 0 aromatic carbocycles. The SMILES string of the molecule is O=C1CC2(CCCCC2)C(=O)N1CCCOCC(F)(F)F. The highest BCUT2D eigenvalue weighted by Gasteiger charge is 2.51. The Morgan fingerprint density at radius 2 is 1.81 bits per heavy atom. The summed E-state index contributed by atoms with van der Waals surface area (Å²) >= 11 is 0. The van der Waals surface area contributed by atoms with E-state index in [-0.39, 0.29) is 37.8 Å². The summed E-state index contributed by atoms with van der Waals surface area (Å²) < 4.78 is 40.2. The van der Waals surface area contributed by atoms with Crippen molar-refractivity contribution in [1.29, 1.82) is 0 Å². The third kappa shape index (κ3) is 3.96. The Morgan fingerprint density at radius 1 is 1.14 bits per heavy atom. The van der Waals surface area contributed by atoms with Crippen molar-refractivity contribution in [2.45, 2.75) is 51.1 Å². The smallest absolute Gasteiger partial charge is 0.372 e. The lowest BCUT2D eigenvalue weighted by atomic mass is 9.73. The Balaban J connectivity index is 1.78. The largest absolute Gasteiger partial charge is 0.411 e. The van der Waals surface area contributed by atoms with Crippen LogP contribution in [-0.2, 0) is 14.3 Å². The zero-order valence-corrected chi connectivity index (χ0v) is 11.9. The van der Waals surface area contributed by atoms with E-state index < -0.39 is 18.2 Å². The maximum atomic E-state index is 12.4. The van der Waals surface area contributed by atoms with E-state index in [1.807, 2.05) is 0 Å². The summed E-state index contributed by atoms with van der Waals surface area (Å²) in [6.45, 7) is -1.25. The second-order valence-electron chi connectivity index (χ2n) is 5.89. The average molecular weight is 307 g/mol. The second kappa shape index (κ2) is 6.34. The van der Waals surface area contributed by atoms with Gasteiger partial charge in [0.05, 0.1) is 5.41 Å². The molecular weight excluding hydrogens is 287 g/mol. The summed E-state index contributed by atoms with van der Waals surface area (Å²) in [6.07, 6.45) is 0.666. The predicted octanol–water partition coefficient (Wildman–Crippen LogP) is 2.66. The van der Waals surface area contributed by atoms with E-state index in [2.05, 4.69) is 4.74 Å². The first-order chi connectivity index (χ1) is 9.84. The summed E-state index contributed by atoms with van der Waals surface area (Å²) in [5, 5.41) is 0. The first-order valence-corrected chi connectivity index (χ1v) is 7.33. The molecule has 2 fully saturated rings. The molecule has 1 saturated carbocycles. The number of carbonyl (C=O) groups excluding carboxylic acids is 2. The lowest BCUT2D eigenvalue weighted by Crippen LogP contribution is -2.37. The molecule has 1 aliphatic carbocycles. The average Bonchev–Trinajstić information content (AvgIpc) is 2.62. The molecule has 0 unspecified atom stereocenters. The summed E-state index contributed by atoms with van der Waals surface area (Å²) in [5.74, 6) is -0.333. The van der Waals surface area contributed by atoms with Gasteiger partial charge < -0.3 is 4.74 Å². The van der Waals surface area contributed by atoms with Crippen molar-refractivity contribution in [3.63, 3.8) is 0 Å². The van der Waals surface area contributed by atoms with Gasteiger partial charge in [0.15, 0.2) is 0 Å². The normalized spacial score (nSPS) is 22.3. The monoisotopic (exact) mass is 307 g/mol. The maximum absolute atomic E-state index is 12.4. The lowest BCUT2D eigenvalue weighted by Gasteiger charge is -2.30. The van der Waals surface area contributed by atoms with E-state index in [9.17, 15) is 22.8 Å². The van der Waals surface area contributed by atoms with Crippen LogP contribution in [0.1, 0.15) is 44.9 Å². The third-order valence-corrected chi connectivity index (χ3v) is 4.24. The number of alkyl halides is 3. The molecule has 0 aromatic heterocycles. The van der Waals surface area contributed by atoms with Crippen molar-refractivity contribution in [2.24, 2.45) is 5.41 Å². The van der Waals surface area contributed by atoms with Crippen LogP contribution in [-0.4, -0.2) is 42.6 Å². The molecule has 0 aromatic rings. The van der Waals surface area contributed by atoms with Crippen molar-refractivity contribution in [1.82, 2.24) is 4.90 Å². The van der Waals surface area contributed by atoms with Crippen LogP contribution in [0, 0.1) is 5.41 Å². The van der Waals surface area contributed by atoms with E-state index in [0.29, 0.717) is 0 Å². The number of amides is 2. The van der Waals surface area contributed by atoms with Crippen LogP contribution < -0.4 is 0 Å². The quantitative estimate of drug-likeness (QED) is 0.579. The number of hydrogen-bond acceptors (Lipinski definition) is 3. The number of rotatable bonds is 5. The molecule has 1 heterocycles. The van der Waals surface area contributed by atoms with Crippen LogP contribution in [0.2, 0.25) is 0 Å². The van der Waals surface area contributed by atoms with Gasteiger partial charge in [0, 0.05) is 19.6 Å². The molecule has 1 saturated heterocycles. The fourth-order valence-electron chi connectivity index (χ4n) is 3.22. The maximum Gasteiger partial charge on any atom is 0.411 e. The summed E-state index contributed by atoms with van der Waals surface area (Å²) in [6, 6.07) is 0. The molecule has 0 atom stereocenters. The molecule has 2 rings (SSSR count). The lowest BCUT2D eigenvalue weighted by molar-refractivity contribution is -0.174. The van der Waals surface area contributed by atoms with Crippen LogP contribution in [0.3, 0.4) is 0 Å². The Labute approximate surface area is 121 Å². The molecule has 7 heteroatoms. The van der Waals surface area contributed by atoms with Gasteiger partial charge in [0.2, 0.25) is 11.8 Å². The van der Waals surface area contributed by atoms with E-state index in [4.69, 9.17) is 0 Å². The predicted molar refractivity (Wildman–Crippen MR) is 68.3 cm³/mol. The Morgan fingerprint density at radius 3 is 2.43 bits per heavy atom. The van der Waals surface area contributed by atoms with Gasteiger partial charge in [-0.2, -0.15) is 13.2 Å². The van der Waals surface area contributed by atoms with Crippen molar-refractivity contribution in [3.8, 4) is 0 Å². The first-order valence-electron chi connectivity index (χ1n) is 7.33. The van der Waals surface area contributed by atoms with Gasteiger partial charge in [0.1, 0.15) is 6.61 Å². The number of ether oxygens (including phenoxy) is 1. The number of hydrogen-bond donors (Lipinski definition) is 0. The Hall–Kier alpha value is -1.11. The highest BCUT2D eigenvalue weighted by Crippen LogP contribution is 2.45. The van der Waals surface area contributed by atoms with Gasteiger partial charge in [-0.15, -0.1) is 0 Å². The summed E-state index contributed by atoms with van der Waals surface area (Å²) in [5.41, 5.74) is -0.526. The van der Waals surface area contributed by atoms with E-state index in [0.717, 1.165) is 32.1 Å². The highest BCUT2D eigenvalue weighted by molar-refractivity contribution is 6.05. The molecule has 4 nitrogen and oxygen atoms in total. The second-order valence-corrected chi connectivity index (χ2v) is 5.89. The fourth-order valence-corrected chi connectivity index (χ4v) is 3.22. The van der Waals surface area contributed by atoms with Crippen molar-refractivity contribution in [3.05, 3.63) is 0 Å². The van der Waals surface area contributed by atoms with Gasteiger partial charge in [-0.05, 0) is 19.3 Å². The van der Waals surface area contributed by atoms with E-state index >= 15 is 0 Å². The molecular formula is C14H20F3NO3. The zero-order chi connectivity index (χ0) is 15.5. The molecule has 0 bridgehead atoms. The molecule has 2 aliphatic rings. The number of imide groups is 1. The minimum absolute atomic E-state index is 0.108. The fraction of sp³-hybridized carbons (Fsp3) is 0.857. The van der Waals surface area contributed by atoms with Gasteiger partial charge in [0.25, 0.3) is 0 Å². The topological polar surface area (TPSA) is 46.6 Å². The molecule has 21 heavy (non-hydrogen) atoms. The number of likely N-dealkylation sites (tertiary alicyclic amines) is 1.